The monoisotopic (exact) mass is 459 g/mol. The van der Waals surface area contributed by atoms with Gasteiger partial charge in [0.1, 0.15) is 17.4 Å². The van der Waals surface area contributed by atoms with Crippen molar-refractivity contribution in [3.63, 3.8) is 0 Å². The predicted octanol–water partition coefficient (Wildman–Crippen LogP) is 3.92. The SMILES string of the molecule is CCn1c(=O)c2cc(NC(=O)CC(C)CCOc3cc(F)cc(F)c3)ccc2n(CC)c1=O. The highest BCUT2D eigenvalue weighted by molar-refractivity contribution is 5.93. The fourth-order valence-electron chi connectivity index (χ4n) is 3.71. The summed E-state index contributed by atoms with van der Waals surface area (Å²) in [5, 5.41) is 3.15. The molecule has 3 aromatic rings. The quantitative estimate of drug-likeness (QED) is 0.526. The molecule has 1 heterocycles. The number of nitrogens with one attached hydrogen (secondary N) is 1. The second kappa shape index (κ2) is 10.4. The summed E-state index contributed by atoms with van der Waals surface area (Å²) < 4.78 is 34.5. The zero-order chi connectivity index (χ0) is 24.1. The molecule has 0 spiro atoms. The van der Waals surface area contributed by atoms with E-state index in [4.69, 9.17) is 4.74 Å². The van der Waals surface area contributed by atoms with Gasteiger partial charge in [0.15, 0.2) is 0 Å². The van der Waals surface area contributed by atoms with E-state index in [1.807, 2.05) is 13.8 Å². The number of halogens is 2. The van der Waals surface area contributed by atoms with Gasteiger partial charge in [-0.25, -0.2) is 13.6 Å². The topological polar surface area (TPSA) is 82.3 Å². The molecule has 3 rings (SSSR count). The lowest BCUT2D eigenvalue weighted by Crippen LogP contribution is -2.39. The molecule has 176 valence electrons. The fraction of sp³-hybridized carbons (Fsp3) is 0.375. The van der Waals surface area contributed by atoms with Crippen LogP contribution in [0.4, 0.5) is 14.5 Å². The zero-order valence-corrected chi connectivity index (χ0v) is 18.9. The average molecular weight is 459 g/mol. The summed E-state index contributed by atoms with van der Waals surface area (Å²) in [6.45, 7) is 6.32. The van der Waals surface area contributed by atoms with E-state index in [1.165, 1.54) is 9.13 Å². The molecule has 0 aliphatic rings. The Hall–Kier alpha value is -3.49. The maximum absolute atomic E-state index is 13.2. The Morgan fingerprint density at radius 3 is 2.33 bits per heavy atom. The number of ether oxygens (including phenoxy) is 1. The number of amides is 1. The lowest BCUT2D eigenvalue weighted by atomic mass is 10.0. The van der Waals surface area contributed by atoms with Gasteiger partial charge in [-0.3, -0.25) is 18.7 Å². The number of hydrogen-bond donors (Lipinski definition) is 1. The molecule has 1 N–H and O–H groups in total. The van der Waals surface area contributed by atoms with Crippen molar-refractivity contribution < 1.29 is 18.3 Å². The number of benzene rings is 2. The van der Waals surface area contributed by atoms with Crippen molar-refractivity contribution >= 4 is 22.5 Å². The molecule has 33 heavy (non-hydrogen) atoms. The van der Waals surface area contributed by atoms with Crippen LogP contribution in [0, 0.1) is 17.6 Å². The van der Waals surface area contributed by atoms with Gasteiger partial charge in [-0.15, -0.1) is 0 Å². The first-order valence-electron chi connectivity index (χ1n) is 10.9. The normalized spacial score (nSPS) is 12.0. The number of anilines is 1. The van der Waals surface area contributed by atoms with E-state index in [-0.39, 0.29) is 42.8 Å². The van der Waals surface area contributed by atoms with Crippen LogP contribution < -0.4 is 21.3 Å². The smallest absolute Gasteiger partial charge is 0.331 e. The molecule has 0 bridgehead atoms. The Kier molecular flexibility index (Phi) is 7.63. The minimum Gasteiger partial charge on any atom is -0.493 e. The Bertz CT molecular complexity index is 1260. The number of hydrogen-bond acceptors (Lipinski definition) is 4. The molecule has 0 saturated heterocycles. The van der Waals surface area contributed by atoms with E-state index in [2.05, 4.69) is 5.32 Å². The summed E-state index contributed by atoms with van der Waals surface area (Å²) in [6.07, 6.45) is 0.708. The van der Waals surface area contributed by atoms with Crippen LogP contribution in [0.5, 0.6) is 5.75 Å². The third-order valence-electron chi connectivity index (χ3n) is 5.39. The molecule has 1 aromatic heterocycles. The standard InChI is InChI=1S/C24H27F2N3O4/c1-4-28-21-7-6-18(14-20(21)23(31)29(5-2)24(28)32)27-22(30)10-15(3)8-9-33-19-12-16(25)11-17(26)13-19/h6-7,11-15H,4-5,8-10H2,1-3H3,(H,27,30). The minimum absolute atomic E-state index is 0.0496. The zero-order valence-electron chi connectivity index (χ0n) is 18.9. The van der Waals surface area contributed by atoms with Crippen molar-refractivity contribution in [1.82, 2.24) is 9.13 Å². The van der Waals surface area contributed by atoms with Crippen molar-refractivity contribution in [2.24, 2.45) is 5.92 Å². The number of carbonyl (C=O) groups excluding carboxylic acids is 1. The maximum Gasteiger partial charge on any atom is 0.331 e. The van der Waals surface area contributed by atoms with E-state index >= 15 is 0 Å². The molecule has 2 aromatic carbocycles. The number of carbonyl (C=O) groups is 1. The van der Waals surface area contributed by atoms with Gasteiger partial charge in [-0.1, -0.05) is 6.92 Å². The van der Waals surface area contributed by atoms with Crippen LogP contribution in [-0.2, 0) is 17.9 Å². The van der Waals surface area contributed by atoms with Gasteiger partial charge in [0, 0.05) is 43.4 Å². The van der Waals surface area contributed by atoms with Crippen molar-refractivity contribution in [2.45, 2.75) is 46.7 Å². The fourth-order valence-corrected chi connectivity index (χ4v) is 3.71. The average Bonchev–Trinajstić information content (AvgIpc) is 2.74. The van der Waals surface area contributed by atoms with Crippen LogP contribution in [0.15, 0.2) is 46.0 Å². The van der Waals surface area contributed by atoms with E-state index in [0.29, 0.717) is 29.6 Å². The molecule has 9 heteroatoms. The number of rotatable bonds is 9. The van der Waals surface area contributed by atoms with Gasteiger partial charge < -0.3 is 10.1 Å². The minimum atomic E-state index is -0.713. The Morgan fingerprint density at radius 1 is 1.03 bits per heavy atom. The second-order valence-corrected chi connectivity index (χ2v) is 7.91. The molecule has 0 saturated carbocycles. The summed E-state index contributed by atoms with van der Waals surface area (Å²) in [5.41, 5.74) is 0.241. The van der Waals surface area contributed by atoms with E-state index < -0.39 is 17.2 Å². The van der Waals surface area contributed by atoms with Crippen LogP contribution in [-0.4, -0.2) is 21.6 Å². The van der Waals surface area contributed by atoms with Gasteiger partial charge in [0.2, 0.25) is 5.91 Å². The molecule has 0 fully saturated rings. The largest absolute Gasteiger partial charge is 0.493 e. The van der Waals surface area contributed by atoms with Gasteiger partial charge in [0.05, 0.1) is 17.5 Å². The second-order valence-electron chi connectivity index (χ2n) is 7.91. The van der Waals surface area contributed by atoms with Crippen molar-refractivity contribution in [3.8, 4) is 5.75 Å². The number of nitrogens with zero attached hydrogens (tertiary/aromatic N) is 2. The Balaban J connectivity index is 1.64. The molecule has 7 nitrogen and oxygen atoms in total. The Labute approximate surface area is 189 Å². The van der Waals surface area contributed by atoms with Crippen molar-refractivity contribution in [2.75, 3.05) is 11.9 Å². The van der Waals surface area contributed by atoms with Crippen LogP contribution in [0.2, 0.25) is 0 Å². The summed E-state index contributed by atoms with van der Waals surface area (Å²) in [5.74, 6) is -1.61. The lowest BCUT2D eigenvalue weighted by Gasteiger charge is -2.14. The van der Waals surface area contributed by atoms with Crippen molar-refractivity contribution in [3.05, 3.63) is 68.9 Å². The number of fused-ring (bicyclic) bond motifs is 1. The predicted molar refractivity (Wildman–Crippen MR) is 123 cm³/mol. The van der Waals surface area contributed by atoms with Crippen LogP contribution in [0.25, 0.3) is 10.9 Å². The molecular formula is C24H27F2N3O4. The molecule has 0 radical (unpaired) electrons. The lowest BCUT2D eigenvalue weighted by molar-refractivity contribution is -0.117. The van der Waals surface area contributed by atoms with Crippen LogP contribution >= 0.6 is 0 Å². The van der Waals surface area contributed by atoms with Gasteiger partial charge >= 0.3 is 5.69 Å². The van der Waals surface area contributed by atoms with E-state index in [1.54, 1.807) is 25.1 Å². The maximum atomic E-state index is 13.2. The summed E-state index contributed by atoms with van der Waals surface area (Å²) in [6, 6.07) is 7.88. The molecule has 1 amide bonds. The van der Waals surface area contributed by atoms with Gasteiger partial charge in [-0.2, -0.15) is 0 Å². The van der Waals surface area contributed by atoms with Crippen molar-refractivity contribution in [1.29, 1.82) is 0 Å². The van der Waals surface area contributed by atoms with E-state index in [9.17, 15) is 23.2 Å². The molecule has 0 aliphatic heterocycles. The van der Waals surface area contributed by atoms with Crippen LogP contribution in [0.1, 0.15) is 33.6 Å². The summed E-state index contributed by atoms with van der Waals surface area (Å²) in [4.78, 5) is 37.7. The molecule has 1 unspecified atom stereocenters. The molecule has 1 atom stereocenters. The third kappa shape index (κ3) is 5.66. The molecular weight excluding hydrogens is 432 g/mol. The van der Waals surface area contributed by atoms with Crippen LogP contribution in [0.3, 0.4) is 0 Å². The number of aryl methyl sites for hydroxylation is 1. The first kappa shape index (κ1) is 24.2. The molecule has 0 aliphatic carbocycles. The van der Waals surface area contributed by atoms with E-state index in [0.717, 1.165) is 18.2 Å². The first-order valence-corrected chi connectivity index (χ1v) is 10.9. The highest BCUT2D eigenvalue weighted by Gasteiger charge is 2.14. The third-order valence-corrected chi connectivity index (χ3v) is 5.39. The van der Waals surface area contributed by atoms with Gasteiger partial charge in [0.25, 0.3) is 5.56 Å². The Morgan fingerprint density at radius 2 is 1.70 bits per heavy atom. The highest BCUT2D eigenvalue weighted by Crippen LogP contribution is 2.19. The summed E-state index contributed by atoms with van der Waals surface area (Å²) in [7, 11) is 0. The highest BCUT2D eigenvalue weighted by atomic mass is 19.1. The first-order chi connectivity index (χ1) is 15.7. The van der Waals surface area contributed by atoms with Gasteiger partial charge in [-0.05, 0) is 44.4 Å². The summed E-state index contributed by atoms with van der Waals surface area (Å²) >= 11 is 0. The number of aromatic nitrogens is 2.